The fraction of sp³-hybridized carbons (Fsp3) is 0.500. The normalized spacial score (nSPS) is 20.1. The fourth-order valence-electron chi connectivity index (χ4n) is 1.96. The van der Waals surface area contributed by atoms with Crippen LogP contribution >= 0.6 is 0 Å². The maximum absolute atomic E-state index is 12.7. The molecule has 0 aliphatic carbocycles. The molecule has 0 unspecified atom stereocenters. The molecule has 0 bridgehead atoms. The highest BCUT2D eigenvalue weighted by Crippen LogP contribution is 2.22. The van der Waals surface area contributed by atoms with E-state index in [9.17, 15) is 4.39 Å². The number of hydrogen-bond acceptors (Lipinski definition) is 2. The van der Waals surface area contributed by atoms with Crippen molar-refractivity contribution in [1.29, 1.82) is 0 Å². The minimum atomic E-state index is -0.197. The van der Waals surface area contributed by atoms with E-state index in [1.807, 2.05) is 0 Å². The molecule has 1 aliphatic heterocycles. The van der Waals surface area contributed by atoms with Crippen molar-refractivity contribution in [1.82, 2.24) is 0 Å². The molecule has 0 radical (unpaired) electrons. The summed E-state index contributed by atoms with van der Waals surface area (Å²) in [7, 11) is 0. The molecule has 0 atom stereocenters. The lowest BCUT2D eigenvalue weighted by molar-refractivity contribution is 0.0533. The Labute approximate surface area is 89.2 Å². The second-order valence-electron chi connectivity index (χ2n) is 4.28. The summed E-state index contributed by atoms with van der Waals surface area (Å²) in [5, 5.41) is 0. The van der Waals surface area contributed by atoms with Gasteiger partial charge in [0, 0.05) is 18.8 Å². The van der Waals surface area contributed by atoms with Gasteiger partial charge in [0.15, 0.2) is 0 Å². The third-order valence-corrected chi connectivity index (χ3v) is 2.96. The Morgan fingerprint density at radius 2 is 1.80 bits per heavy atom. The van der Waals surface area contributed by atoms with E-state index in [1.54, 1.807) is 12.1 Å². The van der Waals surface area contributed by atoms with Crippen LogP contribution in [0.25, 0.3) is 0 Å². The molecule has 0 spiro atoms. The Morgan fingerprint density at radius 1 is 1.20 bits per heavy atom. The van der Waals surface area contributed by atoms with E-state index >= 15 is 0 Å². The van der Waals surface area contributed by atoms with E-state index < -0.39 is 0 Å². The van der Waals surface area contributed by atoms with Crippen molar-refractivity contribution in [3.63, 3.8) is 0 Å². The molecule has 2 nitrogen and oxygen atoms in total. The molecule has 1 fully saturated rings. The highest BCUT2D eigenvalue weighted by molar-refractivity contribution is 5.19. The van der Waals surface area contributed by atoms with Crippen LogP contribution < -0.4 is 5.73 Å². The lowest BCUT2D eigenvalue weighted by atomic mass is 9.85. The lowest BCUT2D eigenvalue weighted by Crippen LogP contribution is -2.46. The van der Waals surface area contributed by atoms with Gasteiger partial charge in [0.2, 0.25) is 0 Å². The van der Waals surface area contributed by atoms with Crippen molar-refractivity contribution in [2.75, 3.05) is 13.2 Å². The van der Waals surface area contributed by atoms with Crippen LogP contribution in [0.3, 0.4) is 0 Å². The highest BCUT2D eigenvalue weighted by atomic mass is 19.1. The second-order valence-corrected chi connectivity index (χ2v) is 4.28. The van der Waals surface area contributed by atoms with E-state index in [4.69, 9.17) is 10.5 Å². The predicted octanol–water partition coefficient (Wildman–Crippen LogP) is 1.88. The van der Waals surface area contributed by atoms with Crippen LogP contribution in [-0.4, -0.2) is 18.8 Å². The standard InChI is InChI=1S/C12H16FNO/c13-11-3-1-10(2-4-11)9-12(14)5-7-15-8-6-12/h1-4H,5-9,14H2. The first-order chi connectivity index (χ1) is 7.18. The molecule has 0 aromatic heterocycles. The Kier molecular flexibility index (Phi) is 3.03. The van der Waals surface area contributed by atoms with Crippen molar-refractivity contribution < 1.29 is 9.13 Å². The van der Waals surface area contributed by atoms with E-state index in [-0.39, 0.29) is 11.4 Å². The highest BCUT2D eigenvalue weighted by Gasteiger charge is 2.27. The largest absolute Gasteiger partial charge is 0.381 e. The third-order valence-electron chi connectivity index (χ3n) is 2.96. The fourth-order valence-corrected chi connectivity index (χ4v) is 1.96. The summed E-state index contributed by atoms with van der Waals surface area (Å²) < 4.78 is 18.0. The van der Waals surface area contributed by atoms with Gasteiger partial charge in [-0.05, 0) is 37.0 Å². The zero-order chi connectivity index (χ0) is 10.7. The van der Waals surface area contributed by atoms with Crippen LogP contribution in [0.2, 0.25) is 0 Å². The zero-order valence-electron chi connectivity index (χ0n) is 8.71. The van der Waals surface area contributed by atoms with E-state index in [1.165, 1.54) is 12.1 Å². The summed E-state index contributed by atoms with van der Waals surface area (Å²) in [6.45, 7) is 1.47. The maximum atomic E-state index is 12.7. The summed E-state index contributed by atoms with van der Waals surface area (Å²) in [5.41, 5.74) is 7.18. The number of halogens is 1. The van der Waals surface area contributed by atoms with Gasteiger partial charge in [0.05, 0.1) is 0 Å². The van der Waals surface area contributed by atoms with Gasteiger partial charge in [-0.2, -0.15) is 0 Å². The van der Waals surface area contributed by atoms with Crippen LogP contribution in [0.5, 0.6) is 0 Å². The molecule has 1 aliphatic rings. The van der Waals surface area contributed by atoms with Crippen molar-refractivity contribution in [2.45, 2.75) is 24.8 Å². The van der Waals surface area contributed by atoms with Gasteiger partial charge in [0.25, 0.3) is 0 Å². The molecule has 1 saturated heterocycles. The van der Waals surface area contributed by atoms with Gasteiger partial charge >= 0.3 is 0 Å². The van der Waals surface area contributed by atoms with Crippen LogP contribution in [0, 0.1) is 5.82 Å². The van der Waals surface area contributed by atoms with Crippen LogP contribution in [0.4, 0.5) is 4.39 Å². The smallest absolute Gasteiger partial charge is 0.123 e. The molecule has 2 N–H and O–H groups in total. The summed E-state index contributed by atoms with van der Waals surface area (Å²) in [5.74, 6) is -0.197. The van der Waals surface area contributed by atoms with Crippen molar-refractivity contribution in [2.24, 2.45) is 5.73 Å². The van der Waals surface area contributed by atoms with Crippen molar-refractivity contribution in [3.05, 3.63) is 35.6 Å². The van der Waals surface area contributed by atoms with Gasteiger partial charge in [-0.1, -0.05) is 12.1 Å². The molecule has 1 aromatic carbocycles. The SMILES string of the molecule is NC1(Cc2ccc(F)cc2)CCOCC1. The average molecular weight is 209 g/mol. The van der Waals surface area contributed by atoms with Crippen LogP contribution in [0.15, 0.2) is 24.3 Å². The average Bonchev–Trinajstić information content (AvgIpc) is 2.22. The molecule has 15 heavy (non-hydrogen) atoms. The van der Waals surface area contributed by atoms with Gasteiger partial charge < -0.3 is 10.5 Å². The zero-order valence-corrected chi connectivity index (χ0v) is 8.71. The number of hydrogen-bond donors (Lipinski definition) is 1. The molecule has 82 valence electrons. The quantitative estimate of drug-likeness (QED) is 0.807. The molecule has 1 aromatic rings. The molecule has 1 heterocycles. The second kappa shape index (κ2) is 4.29. The summed E-state index contributed by atoms with van der Waals surface area (Å²) in [6, 6.07) is 6.58. The first kappa shape index (κ1) is 10.6. The first-order valence-electron chi connectivity index (χ1n) is 5.29. The lowest BCUT2D eigenvalue weighted by Gasteiger charge is -2.33. The molecular formula is C12H16FNO. The van der Waals surface area contributed by atoms with Crippen LogP contribution in [0.1, 0.15) is 18.4 Å². The van der Waals surface area contributed by atoms with Gasteiger partial charge in [-0.3, -0.25) is 0 Å². The minimum absolute atomic E-state index is 0.171. The number of ether oxygens (including phenoxy) is 1. The van der Waals surface area contributed by atoms with Crippen molar-refractivity contribution in [3.8, 4) is 0 Å². The molecule has 3 heteroatoms. The van der Waals surface area contributed by atoms with Crippen LogP contribution in [-0.2, 0) is 11.2 Å². The Morgan fingerprint density at radius 3 is 2.40 bits per heavy atom. The summed E-state index contributed by atoms with van der Waals surface area (Å²) in [6.07, 6.45) is 2.56. The van der Waals surface area contributed by atoms with Gasteiger partial charge in [0.1, 0.15) is 5.82 Å². The first-order valence-corrected chi connectivity index (χ1v) is 5.29. The number of rotatable bonds is 2. The summed E-state index contributed by atoms with van der Waals surface area (Å²) in [4.78, 5) is 0. The summed E-state index contributed by atoms with van der Waals surface area (Å²) >= 11 is 0. The Hall–Kier alpha value is -0.930. The van der Waals surface area contributed by atoms with E-state index in [0.29, 0.717) is 0 Å². The molecule has 0 amide bonds. The number of nitrogens with two attached hydrogens (primary N) is 1. The predicted molar refractivity (Wildman–Crippen MR) is 57.1 cm³/mol. The van der Waals surface area contributed by atoms with E-state index in [2.05, 4.69) is 0 Å². The monoisotopic (exact) mass is 209 g/mol. The van der Waals surface area contributed by atoms with Crippen molar-refractivity contribution >= 4 is 0 Å². The minimum Gasteiger partial charge on any atom is -0.381 e. The topological polar surface area (TPSA) is 35.2 Å². The molecule has 0 saturated carbocycles. The number of benzene rings is 1. The Bertz CT molecular complexity index is 317. The third kappa shape index (κ3) is 2.76. The molecular weight excluding hydrogens is 193 g/mol. The molecule has 2 rings (SSSR count). The Balaban J connectivity index is 2.03. The van der Waals surface area contributed by atoms with E-state index in [0.717, 1.165) is 38.0 Å². The van der Waals surface area contributed by atoms with Gasteiger partial charge in [-0.15, -0.1) is 0 Å². The van der Waals surface area contributed by atoms with Gasteiger partial charge in [-0.25, -0.2) is 4.39 Å². The maximum Gasteiger partial charge on any atom is 0.123 e.